The molecule has 0 bridgehead atoms. The fourth-order valence-electron chi connectivity index (χ4n) is 2.85. The number of nitrogens with one attached hydrogen (secondary N) is 1. The van der Waals surface area contributed by atoms with Crippen LogP contribution in [0.1, 0.15) is 18.3 Å². The first-order chi connectivity index (χ1) is 13.7. The number of amides is 1. The molecule has 1 unspecified atom stereocenters. The second-order valence-corrected chi connectivity index (χ2v) is 6.43. The Balaban J connectivity index is 1.46. The van der Waals surface area contributed by atoms with Crippen molar-refractivity contribution in [2.24, 2.45) is 0 Å². The smallest absolute Gasteiger partial charge is 0.260 e. The summed E-state index contributed by atoms with van der Waals surface area (Å²) in [5, 5.41) is 2.91. The van der Waals surface area contributed by atoms with Gasteiger partial charge in [0.1, 0.15) is 17.3 Å². The summed E-state index contributed by atoms with van der Waals surface area (Å²) in [6.45, 7) is 3.00. The summed E-state index contributed by atoms with van der Waals surface area (Å²) < 4.78 is 12.9. The fourth-order valence-corrected chi connectivity index (χ4v) is 2.85. The van der Waals surface area contributed by atoms with E-state index in [0.717, 1.165) is 18.1 Å². The van der Waals surface area contributed by atoms with Crippen LogP contribution in [0.25, 0.3) is 0 Å². The molecule has 3 aromatic rings. The molecule has 0 saturated heterocycles. The summed E-state index contributed by atoms with van der Waals surface area (Å²) in [4.78, 5) is 16.7. The number of hydrogen-bond acceptors (Lipinski definition) is 4. The number of benzene rings is 2. The largest absolute Gasteiger partial charge is 0.497 e. The third kappa shape index (κ3) is 5.36. The van der Waals surface area contributed by atoms with Crippen molar-refractivity contribution in [1.82, 2.24) is 14.9 Å². The highest BCUT2D eigenvalue weighted by atomic mass is 16.5. The van der Waals surface area contributed by atoms with Crippen molar-refractivity contribution < 1.29 is 14.3 Å². The number of carbonyl (C=O) groups excluding carboxylic acids is 1. The first-order valence-corrected chi connectivity index (χ1v) is 9.28. The first-order valence-electron chi connectivity index (χ1n) is 9.28. The zero-order valence-corrected chi connectivity index (χ0v) is 16.2. The normalized spacial score (nSPS) is 11.6. The SMILES string of the molecule is COc1ccc(OC(C)C(=O)NCCc2nccn2Cc2ccccc2)cc1. The Hall–Kier alpha value is -3.28. The lowest BCUT2D eigenvalue weighted by Gasteiger charge is -2.15. The summed E-state index contributed by atoms with van der Waals surface area (Å²) in [5.41, 5.74) is 1.22. The summed E-state index contributed by atoms with van der Waals surface area (Å²) in [5.74, 6) is 2.15. The molecule has 0 radical (unpaired) electrons. The van der Waals surface area contributed by atoms with Crippen molar-refractivity contribution >= 4 is 5.91 Å². The van der Waals surface area contributed by atoms with Crippen molar-refractivity contribution in [3.05, 3.63) is 78.4 Å². The Morgan fingerprint density at radius 3 is 2.54 bits per heavy atom. The molecular weight excluding hydrogens is 354 g/mol. The van der Waals surface area contributed by atoms with Gasteiger partial charge in [-0.05, 0) is 36.8 Å². The maximum atomic E-state index is 12.3. The van der Waals surface area contributed by atoms with E-state index in [2.05, 4.69) is 27.0 Å². The van der Waals surface area contributed by atoms with Crippen LogP contribution in [0.3, 0.4) is 0 Å². The van der Waals surface area contributed by atoms with E-state index in [9.17, 15) is 4.79 Å². The molecule has 0 saturated carbocycles. The highest BCUT2D eigenvalue weighted by molar-refractivity contribution is 5.80. The zero-order valence-electron chi connectivity index (χ0n) is 16.2. The van der Waals surface area contributed by atoms with Gasteiger partial charge >= 0.3 is 0 Å². The Morgan fingerprint density at radius 2 is 1.82 bits per heavy atom. The molecule has 0 aliphatic carbocycles. The zero-order chi connectivity index (χ0) is 19.8. The molecule has 1 amide bonds. The number of aromatic nitrogens is 2. The summed E-state index contributed by atoms with van der Waals surface area (Å²) >= 11 is 0. The highest BCUT2D eigenvalue weighted by Crippen LogP contribution is 2.18. The van der Waals surface area contributed by atoms with Crippen molar-refractivity contribution in [3.63, 3.8) is 0 Å². The predicted octanol–water partition coefficient (Wildman–Crippen LogP) is 3.07. The molecule has 0 aliphatic heterocycles. The molecule has 0 aliphatic rings. The highest BCUT2D eigenvalue weighted by Gasteiger charge is 2.14. The van der Waals surface area contributed by atoms with Crippen LogP contribution in [0.15, 0.2) is 67.0 Å². The van der Waals surface area contributed by atoms with Crippen molar-refractivity contribution in [1.29, 1.82) is 0 Å². The molecule has 1 atom stereocenters. The monoisotopic (exact) mass is 379 g/mol. The topological polar surface area (TPSA) is 65.4 Å². The number of methoxy groups -OCH3 is 1. The van der Waals surface area contributed by atoms with Gasteiger partial charge in [-0.25, -0.2) is 4.98 Å². The molecule has 0 spiro atoms. The van der Waals surface area contributed by atoms with Gasteiger partial charge in [-0.1, -0.05) is 30.3 Å². The van der Waals surface area contributed by atoms with E-state index in [-0.39, 0.29) is 5.91 Å². The van der Waals surface area contributed by atoms with Crippen molar-refractivity contribution in [3.8, 4) is 11.5 Å². The number of nitrogens with zero attached hydrogens (tertiary/aromatic N) is 2. The number of ether oxygens (including phenoxy) is 2. The molecule has 2 aromatic carbocycles. The average molecular weight is 379 g/mol. The van der Waals surface area contributed by atoms with Crippen molar-refractivity contribution in [2.75, 3.05) is 13.7 Å². The van der Waals surface area contributed by atoms with Gasteiger partial charge in [0.05, 0.1) is 7.11 Å². The van der Waals surface area contributed by atoms with Crippen LogP contribution < -0.4 is 14.8 Å². The van der Waals surface area contributed by atoms with Gasteiger partial charge in [0.15, 0.2) is 6.10 Å². The van der Waals surface area contributed by atoms with Gasteiger partial charge in [-0.2, -0.15) is 0 Å². The molecule has 1 heterocycles. The van der Waals surface area contributed by atoms with Crippen molar-refractivity contribution in [2.45, 2.75) is 26.0 Å². The first kappa shape index (κ1) is 19.5. The van der Waals surface area contributed by atoms with Gasteiger partial charge in [0.2, 0.25) is 0 Å². The molecule has 0 fully saturated rings. The maximum absolute atomic E-state index is 12.3. The van der Waals surface area contributed by atoms with Gasteiger partial charge < -0.3 is 19.4 Å². The van der Waals surface area contributed by atoms with Crippen LogP contribution in [0.4, 0.5) is 0 Å². The number of hydrogen-bond donors (Lipinski definition) is 1. The van der Waals surface area contributed by atoms with E-state index < -0.39 is 6.10 Å². The van der Waals surface area contributed by atoms with Gasteiger partial charge in [-0.3, -0.25) is 4.79 Å². The number of rotatable bonds is 9. The fraction of sp³-hybridized carbons (Fsp3) is 0.273. The van der Waals surface area contributed by atoms with E-state index in [4.69, 9.17) is 9.47 Å². The lowest BCUT2D eigenvalue weighted by atomic mass is 10.2. The van der Waals surface area contributed by atoms with Gasteiger partial charge in [0, 0.05) is 31.9 Å². The lowest BCUT2D eigenvalue weighted by Crippen LogP contribution is -2.37. The Labute approximate surface area is 165 Å². The minimum absolute atomic E-state index is 0.156. The molecule has 146 valence electrons. The number of carbonyl (C=O) groups is 1. The van der Waals surface area contributed by atoms with Crippen LogP contribution in [0, 0.1) is 0 Å². The van der Waals surface area contributed by atoms with Crippen LogP contribution in [-0.4, -0.2) is 35.2 Å². The van der Waals surface area contributed by atoms with E-state index in [1.165, 1.54) is 5.56 Å². The number of imidazole rings is 1. The molecule has 1 N–H and O–H groups in total. The van der Waals surface area contributed by atoms with E-state index >= 15 is 0 Å². The maximum Gasteiger partial charge on any atom is 0.260 e. The molecule has 6 heteroatoms. The van der Waals surface area contributed by atoms with Gasteiger partial charge in [0.25, 0.3) is 5.91 Å². The van der Waals surface area contributed by atoms with Crippen LogP contribution >= 0.6 is 0 Å². The van der Waals surface area contributed by atoms with Crippen LogP contribution in [0.2, 0.25) is 0 Å². The average Bonchev–Trinajstić information content (AvgIpc) is 3.16. The molecule has 28 heavy (non-hydrogen) atoms. The molecule has 1 aromatic heterocycles. The minimum atomic E-state index is -0.586. The quantitative estimate of drug-likeness (QED) is 0.621. The Kier molecular flexibility index (Phi) is 6.68. The second-order valence-electron chi connectivity index (χ2n) is 6.43. The molecule has 3 rings (SSSR count). The van der Waals surface area contributed by atoms with Crippen LogP contribution in [0.5, 0.6) is 11.5 Å². The third-order valence-corrected chi connectivity index (χ3v) is 4.39. The second kappa shape index (κ2) is 9.60. The third-order valence-electron chi connectivity index (χ3n) is 4.39. The Morgan fingerprint density at radius 1 is 1.11 bits per heavy atom. The summed E-state index contributed by atoms with van der Waals surface area (Å²) in [6.07, 6.45) is 3.81. The van der Waals surface area contributed by atoms with E-state index in [1.54, 1.807) is 44.5 Å². The standard InChI is InChI=1S/C22H25N3O3/c1-17(28-20-10-8-19(27-2)9-11-20)22(26)24-13-12-21-23-14-15-25(21)16-18-6-4-3-5-7-18/h3-11,14-15,17H,12-13,16H2,1-2H3,(H,24,26). The Bertz CT molecular complexity index is 876. The summed E-state index contributed by atoms with van der Waals surface area (Å²) in [6, 6.07) is 17.4. The van der Waals surface area contributed by atoms with Gasteiger partial charge in [-0.15, -0.1) is 0 Å². The van der Waals surface area contributed by atoms with E-state index in [1.807, 2.05) is 24.4 Å². The molecular formula is C22H25N3O3. The minimum Gasteiger partial charge on any atom is -0.497 e. The van der Waals surface area contributed by atoms with Crippen LogP contribution in [-0.2, 0) is 17.8 Å². The molecule has 6 nitrogen and oxygen atoms in total. The predicted molar refractivity (Wildman–Crippen MR) is 108 cm³/mol. The van der Waals surface area contributed by atoms with E-state index in [0.29, 0.717) is 18.7 Å². The lowest BCUT2D eigenvalue weighted by molar-refractivity contribution is -0.127. The summed E-state index contributed by atoms with van der Waals surface area (Å²) in [7, 11) is 1.61.